The minimum absolute atomic E-state index is 0.0325. The summed E-state index contributed by atoms with van der Waals surface area (Å²) in [6.45, 7) is 4.18. The van der Waals surface area contributed by atoms with Crippen molar-refractivity contribution in [2.45, 2.75) is 13.3 Å². The normalized spacial score (nSPS) is 16.5. The van der Waals surface area contributed by atoms with E-state index in [2.05, 4.69) is 10.3 Å². The molecular formula is C7H11N2O2. The third-order valence-corrected chi connectivity index (χ3v) is 1.10. The van der Waals surface area contributed by atoms with E-state index < -0.39 is 0 Å². The molecule has 61 valence electrons. The second kappa shape index (κ2) is 3.85. The molecule has 2 N–H and O–H groups in total. The molecule has 0 aromatic rings. The highest BCUT2D eigenvalue weighted by molar-refractivity contribution is 5.76. The SMILES string of the molecule is CCCOC1=NC(O)=C[CH]N1. The van der Waals surface area contributed by atoms with Crippen molar-refractivity contribution in [3.63, 3.8) is 0 Å². The molecule has 0 saturated heterocycles. The Hall–Kier alpha value is -1.19. The molecule has 0 aromatic heterocycles. The van der Waals surface area contributed by atoms with Crippen LogP contribution >= 0.6 is 0 Å². The molecule has 4 nitrogen and oxygen atoms in total. The molecule has 0 atom stereocenters. The summed E-state index contributed by atoms with van der Waals surface area (Å²) in [4.78, 5) is 3.69. The van der Waals surface area contributed by atoms with E-state index in [1.54, 1.807) is 6.54 Å². The summed E-state index contributed by atoms with van der Waals surface area (Å²) < 4.78 is 5.11. The molecule has 0 aliphatic carbocycles. The molecule has 0 amide bonds. The molecule has 1 aliphatic heterocycles. The zero-order valence-corrected chi connectivity index (χ0v) is 6.37. The van der Waals surface area contributed by atoms with Crippen molar-refractivity contribution in [1.82, 2.24) is 5.32 Å². The van der Waals surface area contributed by atoms with E-state index >= 15 is 0 Å². The Morgan fingerprint density at radius 2 is 2.55 bits per heavy atom. The Kier molecular flexibility index (Phi) is 2.77. The minimum atomic E-state index is -0.0325. The summed E-state index contributed by atoms with van der Waals surface area (Å²) in [5, 5.41) is 11.7. The predicted molar refractivity (Wildman–Crippen MR) is 41.8 cm³/mol. The van der Waals surface area contributed by atoms with E-state index in [4.69, 9.17) is 9.84 Å². The first-order valence-corrected chi connectivity index (χ1v) is 3.53. The molecule has 0 fully saturated rings. The third-order valence-electron chi connectivity index (χ3n) is 1.10. The van der Waals surface area contributed by atoms with Gasteiger partial charge in [-0.2, -0.15) is 4.99 Å². The maximum atomic E-state index is 8.90. The van der Waals surface area contributed by atoms with Crippen LogP contribution in [0.1, 0.15) is 13.3 Å². The first-order chi connectivity index (χ1) is 5.33. The maximum absolute atomic E-state index is 8.90. The smallest absolute Gasteiger partial charge is 0.293 e. The number of hydrogen-bond acceptors (Lipinski definition) is 4. The molecule has 4 heteroatoms. The number of aliphatic hydroxyl groups is 1. The van der Waals surface area contributed by atoms with Crippen LogP contribution in [0.5, 0.6) is 0 Å². The van der Waals surface area contributed by atoms with Gasteiger partial charge in [-0.25, -0.2) is 0 Å². The van der Waals surface area contributed by atoms with Gasteiger partial charge >= 0.3 is 0 Å². The summed E-state index contributed by atoms with van der Waals surface area (Å²) in [5.74, 6) is -0.0325. The molecule has 11 heavy (non-hydrogen) atoms. The van der Waals surface area contributed by atoms with Gasteiger partial charge in [-0.15, -0.1) is 0 Å². The quantitative estimate of drug-likeness (QED) is 0.623. The zero-order valence-electron chi connectivity index (χ0n) is 6.37. The first kappa shape index (κ1) is 7.91. The van der Waals surface area contributed by atoms with Crippen molar-refractivity contribution in [3.8, 4) is 0 Å². The maximum Gasteiger partial charge on any atom is 0.293 e. The van der Waals surface area contributed by atoms with Gasteiger partial charge in [0.2, 0.25) is 5.88 Å². The molecule has 1 radical (unpaired) electrons. The van der Waals surface area contributed by atoms with Crippen molar-refractivity contribution in [2.75, 3.05) is 6.61 Å². The van der Waals surface area contributed by atoms with Crippen LogP contribution in [-0.4, -0.2) is 17.7 Å². The second-order valence-electron chi connectivity index (χ2n) is 2.10. The van der Waals surface area contributed by atoms with E-state index in [0.29, 0.717) is 12.6 Å². The standard InChI is InChI=1S/C7H11N2O2/c1-2-5-11-7-8-4-3-6(10)9-7/h3-4,10H,2,5H2,1H3,(H,8,9). The Labute approximate surface area is 65.6 Å². The van der Waals surface area contributed by atoms with Crippen LogP contribution in [0.2, 0.25) is 0 Å². The molecule has 1 rings (SSSR count). The fourth-order valence-electron chi connectivity index (χ4n) is 0.634. The lowest BCUT2D eigenvalue weighted by atomic mass is 10.5. The lowest BCUT2D eigenvalue weighted by Gasteiger charge is -2.11. The Morgan fingerprint density at radius 3 is 3.18 bits per heavy atom. The van der Waals surface area contributed by atoms with Crippen LogP contribution in [0.4, 0.5) is 0 Å². The number of nitrogens with zero attached hydrogens (tertiary/aromatic N) is 1. The van der Waals surface area contributed by atoms with Gasteiger partial charge < -0.3 is 15.2 Å². The van der Waals surface area contributed by atoms with Gasteiger partial charge in [0.05, 0.1) is 13.2 Å². The molecular weight excluding hydrogens is 144 g/mol. The monoisotopic (exact) mass is 155 g/mol. The van der Waals surface area contributed by atoms with Crippen LogP contribution in [0.25, 0.3) is 0 Å². The molecule has 0 bridgehead atoms. The molecule has 0 aromatic carbocycles. The van der Waals surface area contributed by atoms with Crippen molar-refractivity contribution in [3.05, 3.63) is 18.5 Å². The van der Waals surface area contributed by atoms with Gasteiger partial charge in [0.1, 0.15) is 0 Å². The number of rotatable bonds is 2. The van der Waals surface area contributed by atoms with Crippen molar-refractivity contribution in [2.24, 2.45) is 4.99 Å². The van der Waals surface area contributed by atoms with Crippen LogP contribution in [0.15, 0.2) is 17.0 Å². The number of nitrogens with one attached hydrogen (secondary N) is 1. The summed E-state index contributed by atoms with van der Waals surface area (Å²) in [7, 11) is 0. The highest BCUT2D eigenvalue weighted by Crippen LogP contribution is 1.99. The van der Waals surface area contributed by atoms with Gasteiger partial charge in [0.15, 0.2) is 0 Å². The minimum Gasteiger partial charge on any atom is -0.493 e. The lowest BCUT2D eigenvalue weighted by Crippen LogP contribution is -2.26. The highest BCUT2D eigenvalue weighted by Gasteiger charge is 2.04. The summed E-state index contributed by atoms with van der Waals surface area (Å²) >= 11 is 0. The number of aliphatic hydroxyl groups excluding tert-OH is 1. The van der Waals surface area contributed by atoms with E-state index in [9.17, 15) is 0 Å². The van der Waals surface area contributed by atoms with Crippen LogP contribution in [-0.2, 0) is 4.74 Å². The van der Waals surface area contributed by atoms with Crippen molar-refractivity contribution >= 4 is 6.02 Å². The largest absolute Gasteiger partial charge is 0.493 e. The van der Waals surface area contributed by atoms with Crippen molar-refractivity contribution < 1.29 is 9.84 Å². The van der Waals surface area contributed by atoms with E-state index in [1.165, 1.54) is 6.08 Å². The Morgan fingerprint density at radius 1 is 1.73 bits per heavy atom. The van der Waals surface area contributed by atoms with Gasteiger partial charge in [-0.1, -0.05) is 6.92 Å². The first-order valence-electron chi connectivity index (χ1n) is 3.53. The average molecular weight is 155 g/mol. The molecule has 0 spiro atoms. The lowest BCUT2D eigenvalue weighted by molar-refractivity contribution is 0.285. The fraction of sp³-hybridized carbons (Fsp3) is 0.429. The van der Waals surface area contributed by atoms with Gasteiger partial charge in [-0.05, 0) is 6.42 Å². The molecule has 0 unspecified atom stereocenters. The topological polar surface area (TPSA) is 53.9 Å². The number of hydrogen-bond donors (Lipinski definition) is 2. The summed E-state index contributed by atoms with van der Waals surface area (Å²) in [5.41, 5.74) is 0. The van der Waals surface area contributed by atoms with Crippen molar-refractivity contribution in [1.29, 1.82) is 0 Å². The molecule has 1 aliphatic rings. The van der Waals surface area contributed by atoms with Crippen LogP contribution in [0, 0.1) is 6.54 Å². The Balaban J connectivity index is 2.39. The summed E-state index contributed by atoms with van der Waals surface area (Å²) in [6, 6.07) is 0.354. The van der Waals surface area contributed by atoms with E-state index in [0.717, 1.165) is 6.42 Å². The van der Waals surface area contributed by atoms with E-state index in [-0.39, 0.29) is 5.88 Å². The third kappa shape index (κ3) is 2.49. The van der Waals surface area contributed by atoms with Crippen LogP contribution < -0.4 is 5.32 Å². The average Bonchev–Trinajstić information content (AvgIpc) is 2.01. The zero-order chi connectivity index (χ0) is 8.10. The molecule has 0 saturated carbocycles. The highest BCUT2D eigenvalue weighted by atomic mass is 16.5. The fourth-order valence-corrected chi connectivity index (χ4v) is 0.634. The number of ether oxygens (including phenoxy) is 1. The van der Waals surface area contributed by atoms with Gasteiger partial charge in [-0.3, -0.25) is 0 Å². The van der Waals surface area contributed by atoms with Crippen LogP contribution in [0.3, 0.4) is 0 Å². The number of aliphatic imine (C=N–C) groups is 1. The van der Waals surface area contributed by atoms with Gasteiger partial charge in [0, 0.05) is 6.08 Å². The summed E-state index contributed by atoms with van der Waals surface area (Å²) in [6.07, 6.45) is 2.38. The number of amidine groups is 1. The molecule has 1 heterocycles. The second-order valence-corrected chi connectivity index (χ2v) is 2.10. The van der Waals surface area contributed by atoms with E-state index in [1.807, 2.05) is 6.92 Å². The van der Waals surface area contributed by atoms with Gasteiger partial charge in [0.25, 0.3) is 6.02 Å². The Bertz CT molecular complexity index is 187. The predicted octanol–water partition coefficient (Wildman–Crippen LogP) is 0.933.